The van der Waals surface area contributed by atoms with Crippen molar-refractivity contribution in [3.05, 3.63) is 47.8 Å². The van der Waals surface area contributed by atoms with Crippen LogP contribution >= 0.6 is 0 Å². The molecule has 1 heterocycles. The Morgan fingerprint density at radius 2 is 1.90 bits per heavy atom. The smallest absolute Gasteiger partial charge is 0.244 e. The second kappa shape index (κ2) is 6.41. The molecule has 0 aliphatic heterocycles. The van der Waals surface area contributed by atoms with Crippen molar-refractivity contribution in [1.82, 2.24) is 14.5 Å². The quantitative estimate of drug-likeness (QED) is 0.892. The van der Waals surface area contributed by atoms with Gasteiger partial charge in [0, 0.05) is 18.8 Å². The monoisotopic (exact) mass is 307 g/mol. The molecule has 1 atom stereocenters. The largest absolute Gasteiger partial charge is 0.272 e. The summed E-state index contributed by atoms with van der Waals surface area (Å²) in [6.07, 6.45) is 3.61. The average Bonchev–Trinajstić information content (AvgIpc) is 2.95. The summed E-state index contributed by atoms with van der Waals surface area (Å²) in [5, 5.41) is 4.02. The van der Waals surface area contributed by atoms with Gasteiger partial charge in [-0.3, -0.25) is 4.68 Å². The van der Waals surface area contributed by atoms with Crippen molar-refractivity contribution in [2.45, 2.75) is 44.7 Å². The number of aryl methyl sites for hydroxylation is 2. The van der Waals surface area contributed by atoms with Gasteiger partial charge in [0.2, 0.25) is 10.0 Å². The van der Waals surface area contributed by atoms with Gasteiger partial charge in [-0.05, 0) is 25.8 Å². The van der Waals surface area contributed by atoms with Crippen LogP contribution in [0.3, 0.4) is 0 Å². The molecule has 21 heavy (non-hydrogen) atoms. The molecule has 6 heteroatoms. The van der Waals surface area contributed by atoms with E-state index in [1.807, 2.05) is 45.0 Å². The molecule has 1 aromatic carbocycles. The van der Waals surface area contributed by atoms with Gasteiger partial charge in [0.25, 0.3) is 0 Å². The first-order valence-electron chi connectivity index (χ1n) is 7.07. The summed E-state index contributed by atoms with van der Waals surface area (Å²) in [5.41, 5.74) is 2.12. The zero-order valence-electron chi connectivity index (χ0n) is 12.6. The molecule has 0 amide bonds. The highest BCUT2D eigenvalue weighted by atomic mass is 32.2. The molecular weight excluding hydrogens is 286 g/mol. The van der Waals surface area contributed by atoms with Gasteiger partial charge in [0.15, 0.2) is 0 Å². The lowest BCUT2D eigenvalue weighted by Crippen LogP contribution is -2.28. The Bertz CT molecular complexity index is 690. The maximum atomic E-state index is 12.4. The van der Waals surface area contributed by atoms with Crippen molar-refractivity contribution in [3.63, 3.8) is 0 Å². The number of hydrogen-bond donors (Lipinski definition) is 1. The Labute approximate surface area is 126 Å². The third-order valence-corrected chi connectivity index (χ3v) is 4.86. The highest BCUT2D eigenvalue weighted by Crippen LogP contribution is 2.20. The lowest BCUT2D eigenvalue weighted by molar-refractivity contribution is 0.549. The normalized spacial score (nSPS) is 13.3. The maximum absolute atomic E-state index is 12.4. The maximum Gasteiger partial charge on any atom is 0.244 e. The summed E-state index contributed by atoms with van der Waals surface area (Å²) in [7, 11) is -3.55. The van der Waals surface area contributed by atoms with Gasteiger partial charge in [-0.1, -0.05) is 36.8 Å². The molecule has 1 N–H and O–H groups in total. The van der Waals surface area contributed by atoms with Gasteiger partial charge in [0.1, 0.15) is 4.90 Å². The molecule has 0 aliphatic carbocycles. The summed E-state index contributed by atoms with van der Waals surface area (Å²) in [5.74, 6) is 0. The summed E-state index contributed by atoms with van der Waals surface area (Å²) in [4.78, 5) is 0.204. The molecule has 0 unspecified atom stereocenters. The second-order valence-corrected chi connectivity index (χ2v) is 6.74. The molecule has 1 aromatic heterocycles. The molecule has 2 rings (SSSR count). The number of nitrogens with zero attached hydrogens (tertiary/aromatic N) is 2. The van der Waals surface area contributed by atoms with Crippen molar-refractivity contribution in [2.24, 2.45) is 0 Å². The lowest BCUT2D eigenvalue weighted by Gasteiger charge is -2.17. The van der Waals surface area contributed by atoms with Gasteiger partial charge in [0.05, 0.1) is 6.20 Å². The number of hydrogen-bond acceptors (Lipinski definition) is 3. The summed E-state index contributed by atoms with van der Waals surface area (Å²) >= 11 is 0. The Morgan fingerprint density at radius 3 is 2.43 bits per heavy atom. The van der Waals surface area contributed by atoms with Crippen molar-refractivity contribution in [1.29, 1.82) is 0 Å². The molecule has 5 nitrogen and oxygen atoms in total. The van der Waals surface area contributed by atoms with Crippen LogP contribution in [0.5, 0.6) is 0 Å². The zero-order valence-corrected chi connectivity index (χ0v) is 13.4. The number of rotatable bonds is 6. The van der Waals surface area contributed by atoms with Crippen LogP contribution in [0.15, 0.2) is 41.6 Å². The third kappa shape index (κ3) is 3.71. The van der Waals surface area contributed by atoms with E-state index in [1.165, 1.54) is 6.20 Å². The molecular formula is C15H21N3O2S. The predicted octanol–water partition coefficient (Wildman–Crippen LogP) is 2.64. The van der Waals surface area contributed by atoms with Gasteiger partial charge in [-0.25, -0.2) is 13.1 Å². The van der Waals surface area contributed by atoms with Crippen LogP contribution in [-0.2, 0) is 16.6 Å². The number of nitrogens with one attached hydrogen (secondary N) is 1. The van der Waals surface area contributed by atoms with E-state index < -0.39 is 10.0 Å². The van der Waals surface area contributed by atoms with E-state index in [-0.39, 0.29) is 10.9 Å². The van der Waals surface area contributed by atoms with E-state index in [9.17, 15) is 8.42 Å². The van der Waals surface area contributed by atoms with E-state index in [2.05, 4.69) is 9.82 Å². The van der Waals surface area contributed by atoms with Crippen molar-refractivity contribution >= 4 is 10.0 Å². The fourth-order valence-corrected chi connectivity index (χ4v) is 3.36. The molecule has 0 saturated heterocycles. The number of aromatic nitrogens is 2. The Hall–Kier alpha value is -1.66. The van der Waals surface area contributed by atoms with Gasteiger partial charge in [-0.15, -0.1) is 0 Å². The third-order valence-electron chi connectivity index (χ3n) is 3.43. The molecule has 0 aliphatic rings. The van der Waals surface area contributed by atoms with Crippen molar-refractivity contribution in [3.8, 4) is 0 Å². The van der Waals surface area contributed by atoms with Crippen LogP contribution in [0.2, 0.25) is 0 Å². The first-order chi connectivity index (χ1) is 9.96. The molecule has 0 spiro atoms. The highest BCUT2D eigenvalue weighted by Gasteiger charge is 2.21. The van der Waals surface area contributed by atoms with Gasteiger partial charge >= 0.3 is 0 Å². The number of benzene rings is 1. The minimum atomic E-state index is -3.55. The first kappa shape index (κ1) is 15.7. The molecule has 2 aromatic rings. The molecule has 0 radical (unpaired) electrons. The SMILES string of the molecule is CC[C@H](NS(=O)(=O)c1cnn(CC)c1)c1ccc(C)cc1. The van der Waals surface area contributed by atoms with Gasteiger partial charge < -0.3 is 0 Å². The summed E-state index contributed by atoms with van der Waals surface area (Å²) in [6, 6.07) is 7.66. The van der Waals surface area contributed by atoms with E-state index >= 15 is 0 Å². The van der Waals surface area contributed by atoms with E-state index in [1.54, 1.807) is 10.9 Å². The topological polar surface area (TPSA) is 64.0 Å². The average molecular weight is 307 g/mol. The van der Waals surface area contributed by atoms with Crippen LogP contribution < -0.4 is 4.72 Å². The standard InChI is InChI=1S/C15H21N3O2S/c1-4-15(13-8-6-12(3)7-9-13)17-21(19,20)14-10-16-18(5-2)11-14/h6-11,15,17H,4-5H2,1-3H3/t15-/m0/s1. The molecule has 0 fully saturated rings. The van der Waals surface area contributed by atoms with E-state index in [0.717, 1.165) is 11.1 Å². The predicted molar refractivity (Wildman–Crippen MR) is 82.4 cm³/mol. The molecule has 0 bridgehead atoms. The van der Waals surface area contributed by atoms with Crippen LogP contribution in [0.1, 0.15) is 37.4 Å². The van der Waals surface area contributed by atoms with Crippen LogP contribution in [0.4, 0.5) is 0 Å². The minimum Gasteiger partial charge on any atom is -0.272 e. The second-order valence-electron chi connectivity index (χ2n) is 5.02. The Morgan fingerprint density at radius 1 is 1.24 bits per heavy atom. The van der Waals surface area contributed by atoms with Crippen molar-refractivity contribution < 1.29 is 8.42 Å². The molecule has 0 saturated carbocycles. The van der Waals surface area contributed by atoms with Gasteiger partial charge in [-0.2, -0.15) is 5.10 Å². The first-order valence-corrected chi connectivity index (χ1v) is 8.56. The van der Waals surface area contributed by atoms with Crippen LogP contribution in [-0.4, -0.2) is 18.2 Å². The Balaban J connectivity index is 2.22. The lowest BCUT2D eigenvalue weighted by atomic mass is 10.0. The minimum absolute atomic E-state index is 0.204. The van der Waals surface area contributed by atoms with E-state index in [4.69, 9.17) is 0 Å². The summed E-state index contributed by atoms with van der Waals surface area (Å²) in [6.45, 7) is 6.53. The highest BCUT2D eigenvalue weighted by molar-refractivity contribution is 7.89. The van der Waals surface area contributed by atoms with Crippen LogP contribution in [0.25, 0.3) is 0 Å². The van der Waals surface area contributed by atoms with Crippen molar-refractivity contribution in [2.75, 3.05) is 0 Å². The summed E-state index contributed by atoms with van der Waals surface area (Å²) < 4.78 is 29.2. The van der Waals surface area contributed by atoms with Crippen LogP contribution in [0, 0.1) is 6.92 Å². The fourth-order valence-electron chi connectivity index (χ4n) is 2.10. The Kier molecular flexibility index (Phi) is 4.80. The number of sulfonamides is 1. The zero-order chi connectivity index (χ0) is 15.5. The van der Waals surface area contributed by atoms with E-state index in [0.29, 0.717) is 13.0 Å². The molecule has 114 valence electrons. The fraction of sp³-hybridized carbons (Fsp3) is 0.400.